The number of hydrogen-bond donors (Lipinski definition) is 1. The standard InChI is InChI=1S/C25H22F3N3O3/c1-16-6-3-4-9-21(16)33-15-20-10-11-22(34-20)24(32)29-23-12-17(2)31(30-23)14-18-7-5-8-19(13-18)25(26,27)28/h3-13H,14-15H2,1-2H3,(H,29,30,32). The maximum atomic E-state index is 13.0. The number of furan rings is 1. The number of ether oxygens (including phenoxy) is 1. The highest BCUT2D eigenvalue weighted by atomic mass is 19.4. The predicted molar refractivity (Wildman–Crippen MR) is 120 cm³/mol. The molecule has 0 radical (unpaired) electrons. The van der Waals surface area contributed by atoms with Crippen LogP contribution in [0.3, 0.4) is 0 Å². The fourth-order valence-electron chi connectivity index (χ4n) is 3.37. The van der Waals surface area contributed by atoms with Crippen LogP contribution in [-0.2, 0) is 19.3 Å². The third-order valence-corrected chi connectivity index (χ3v) is 5.16. The van der Waals surface area contributed by atoms with Crippen LogP contribution in [0.5, 0.6) is 5.75 Å². The number of amides is 1. The normalized spacial score (nSPS) is 11.4. The highest BCUT2D eigenvalue weighted by molar-refractivity contribution is 6.01. The second kappa shape index (κ2) is 9.46. The molecule has 0 aliphatic carbocycles. The van der Waals surface area contributed by atoms with Gasteiger partial charge in [0.15, 0.2) is 11.6 Å². The van der Waals surface area contributed by atoms with Gasteiger partial charge in [0.05, 0.1) is 12.1 Å². The van der Waals surface area contributed by atoms with Crippen LogP contribution in [0.4, 0.5) is 19.0 Å². The number of hydrogen-bond acceptors (Lipinski definition) is 4. The summed E-state index contributed by atoms with van der Waals surface area (Å²) in [4.78, 5) is 12.6. The van der Waals surface area contributed by atoms with Crippen LogP contribution in [0, 0.1) is 13.8 Å². The smallest absolute Gasteiger partial charge is 0.416 e. The van der Waals surface area contributed by atoms with Crippen molar-refractivity contribution in [1.82, 2.24) is 9.78 Å². The summed E-state index contributed by atoms with van der Waals surface area (Å²) in [6, 6.07) is 17.5. The summed E-state index contributed by atoms with van der Waals surface area (Å²) in [5, 5.41) is 6.94. The second-order valence-corrected chi connectivity index (χ2v) is 7.80. The summed E-state index contributed by atoms with van der Waals surface area (Å²) in [5.41, 5.74) is 1.40. The zero-order valence-electron chi connectivity index (χ0n) is 18.5. The van der Waals surface area contributed by atoms with Crippen LogP contribution >= 0.6 is 0 Å². The highest BCUT2D eigenvalue weighted by Crippen LogP contribution is 2.29. The van der Waals surface area contributed by atoms with Gasteiger partial charge in [-0.05, 0) is 55.3 Å². The minimum atomic E-state index is -4.42. The molecular weight excluding hydrogens is 447 g/mol. The van der Waals surface area contributed by atoms with E-state index < -0.39 is 17.6 Å². The quantitative estimate of drug-likeness (QED) is 0.361. The van der Waals surface area contributed by atoms with E-state index in [1.165, 1.54) is 10.7 Å². The van der Waals surface area contributed by atoms with Gasteiger partial charge in [-0.25, -0.2) is 0 Å². The van der Waals surface area contributed by atoms with E-state index in [0.717, 1.165) is 23.4 Å². The van der Waals surface area contributed by atoms with E-state index in [-0.39, 0.29) is 24.7 Å². The van der Waals surface area contributed by atoms with E-state index in [2.05, 4.69) is 10.4 Å². The van der Waals surface area contributed by atoms with Gasteiger partial charge < -0.3 is 14.5 Å². The number of rotatable bonds is 7. The molecule has 4 rings (SSSR count). The first-order valence-electron chi connectivity index (χ1n) is 10.5. The lowest BCUT2D eigenvalue weighted by atomic mass is 10.1. The molecule has 34 heavy (non-hydrogen) atoms. The Hall–Kier alpha value is -4.01. The Morgan fingerprint density at radius 2 is 1.85 bits per heavy atom. The molecule has 0 spiro atoms. The Morgan fingerprint density at radius 3 is 2.62 bits per heavy atom. The summed E-state index contributed by atoms with van der Waals surface area (Å²) in [6.07, 6.45) is -4.42. The fraction of sp³-hybridized carbons (Fsp3) is 0.200. The van der Waals surface area contributed by atoms with Crippen molar-refractivity contribution in [3.05, 3.63) is 101 Å². The van der Waals surface area contributed by atoms with E-state index in [1.807, 2.05) is 31.2 Å². The van der Waals surface area contributed by atoms with Crippen molar-refractivity contribution >= 4 is 11.7 Å². The maximum Gasteiger partial charge on any atom is 0.416 e. The average Bonchev–Trinajstić information content (AvgIpc) is 3.39. The van der Waals surface area contributed by atoms with Crippen LogP contribution < -0.4 is 10.1 Å². The van der Waals surface area contributed by atoms with Crippen molar-refractivity contribution in [3.63, 3.8) is 0 Å². The van der Waals surface area contributed by atoms with Gasteiger partial charge in [-0.3, -0.25) is 9.48 Å². The van der Waals surface area contributed by atoms with Crippen molar-refractivity contribution in [2.75, 3.05) is 5.32 Å². The van der Waals surface area contributed by atoms with Crippen LogP contribution in [0.15, 0.2) is 71.1 Å². The summed E-state index contributed by atoms with van der Waals surface area (Å²) < 4.78 is 51.7. The third-order valence-electron chi connectivity index (χ3n) is 5.16. The van der Waals surface area contributed by atoms with Gasteiger partial charge in [0.25, 0.3) is 5.91 Å². The number of para-hydroxylation sites is 1. The summed E-state index contributed by atoms with van der Waals surface area (Å²) >= 11 is 0. The third kappa shape index (κ3) is 5.48. The molecule has 1 amide bonds. The molecule has 0 fully saturated rings. The molecule has 9 heteroatoms. The Bertz CT molecular complexity index is 1310. The number of nitrogens with one attached hydrogen (secondary N) is 1. The number of halogens is 3. The van der Waals surface area contributed by atoms with Crippen LogP contribution in [0.1, 0.15) is 38.7 Å². The van der Waals surface area contributed by atoms with Crippen molar-refractivity contribution < 1.29 is 27.1 Å². The molecule has 0 unspecified atom stereocenters. The number of benzene rings is 2. The van der Waals surface area contributed by atoms with E-state index >= 15 is 0 Å². The van der Waals surface area contributed by atoms with E-state index in [4.69, 9.17) is 9.15 Å². The number of carbonyl (C=O) groups excluding carboxylic acids is 1. The van der Waals surface area contributed by atoms with Gasteiger partial charge in [-0.2, -0.15) is 18.3 Å². The number of carbonyl (C=O) groups is 1. The van der Waals surface area contributed by atoms with Gasteiger partial charge in [-0.1, -0.05) is 30.3 Å². The predicted octanol–water partition coefficient (Wildman–Crippen LogP) is 5.99. The molecule has 0 bridgehead atoms. The molecule has 2 heterocycles. The summed E-state index contributed by atoms with van der Waals surface area (Å²) in [7, 11) is 0. The number of nitrogens with zero attached hydrogens (tertiary/aromatic N) is 2. The van der Waals surface area contributed by atoms with E-state index in [1.54, 1.807) is 31.2 Å². The zero-order chi connectivity index (χ0) is 24.3. The molecule has 0 saturated carbocycles. The first kappa shape index (κ1) is 23.2. The minimum absolute atomic E-state index is 0.0912. The van der Waals surface area contributed by atoms with Crippen LogP contribution in [0.25, 0.3) is 0 Å². The van der Waals surface area contributed by atoms with E-state index in [9.17, 15) is 18.0 Å². The van der Waals surface area contributed by atoms with Gasteiger partial charge in [-0.15, -0.1) is 0 Å². The summed E-state index contributed by atoms with van der Waals surface area (Å²) in [5.74, 6) is 1.08. The molecule has 0 atom stereocenters. The average molecular weight is 469 g/mol. The monoisotopic (exact) mass is 469 g/mol. The van der Waals surface area contributed by atoms with Crippen molar-refractivity contribution in [2.45, 2.75) is 33.2 Å². The first-order chi connectivity index (χ1) is 16.2. The molecular formula is C25H22F3N3O3. The SMILES string of the molecule is Cc1ccccc1OCc1ccc(C(=O)Nc2cc(C)n(Cc3cccc(C(F)(F)F)c3)n2)o1. The fourth-order valence-corrected chi connectivity index (χ4v) is 3.37. The van der Waals surface area contributed by atoms with Crippen LogP contribution in [0.2, 0.25) is 0 Å². The van der Waals surface area contributed by atoms with Gasteiger partial charge in [0.2, 0.25) is 0 Å². The number of aromatic nitrogens is 2. The van der Waals surface area contributed by atoms with Crippen molar-refractivity contribution in [3.8, 4) is 5.75 Å². The molecule has 2 aromatic carbocycles. The summed E-state index contributed by atoms with van der Waals surface area (Å²) in [6.45, 7) is 3.99. The van der Waals surface area contributed by atoms with Gasteiger partial charge in [0, 0.05) is 11.8 Å². The van der Waals surface area contributed by atoms with Gasteiger partial charge in [0.1, 0.15) is 18.1 Å². The van der Waals surface area contributed by atoms with Crippen LogP contribution in [-0.4, -0.2) is 15.7 Å². The molecule has 176 valence electrons. The lowest BCUT2D eigenvalue weighted by Gasteiger charge is -2.09. The topological polar surface area (TPSA) is 69.3 Å². The Balaban J connectivity index is 1.39. The molecule has 4 aromatic rings. The maximum absolute atomic E-state index is 13.0. The zero-order valence-corrected chi connectivity index (χ0v) is 18.5. The number of alkyl halides is 3. The largest absolute Gasteiger partial charge is 0.485 e. The lowest BCUT2D eigenvalue weighted by molar-refractivity contribution is -0.137. The first-order valence-corrected chi connectivity index (χ1v) is 10.5. The minimum Gasteiger partial charge on any atom is -0.485 e. The Kier molecular flexibility index (Phi) is 6.45. The molecule has 0 aliphatic rings. The van der Waals surface area contributed by atoms with E-state index in [0.29, 0.717) is 17.0 Å². The van der Waals surface area contributed by atoms with Gasteiger partial charge >= 0.3 is 6.18 Å². The number of anilines is 1. The Labute approximate surface area is 194 Å². The number of aryl methyl sites for hydroxylation is 2. The molecule has 2 aromatic heterocycles. The Morgan fingerprint density at radius 1 is 1.06 bits per heavy atom. The second-order valence-electron chi connectivity index (χ2n) is 7.80. The lowest BCUT2D eigenvalue weighted by Crippen LogP contribution is -2.12. The molecule has 0 aliphatic heterocycles. The van der Waals surface area contributed by atoms with Crippen molar-refractivity contribution in [1.29, 1.82) is 0 Å². The highest BCUT2D eigenvalue weighted by Gasteiger charge is 2.30. The molecule has 1 N–H and O–H groups in total. The van der Waals surface area contributed by atoms with Crippen molar-refractivity contribution in [2.24, 2.45) is 0 Å². The molecule has 0 saturated heterocycles. The molecule has 6 nitrogen and oxygen atoms in total.